The van der Waals surface area contributed by atoms with Crippen LogP contribution in [0.2, 0.25) is 0 Å². The highest BCUT2D eigenvalue weighted by Crippen LogP contribution is 2.29. The summed E-state index contributed by atoms with van der Waals surface area (Å²) in [6, 6.07) is 7.28. The lowest BCUT2D eigenvalue weighted by Crippen LogP contribution is -2.28. The predicted octanol–water partition coefficient (Wildman–Crippen LogP) is 3.63. The van der Waals surface area contributed by atoms with E-state index >= 15 is 0 Å². The summed E-state index contributed by atoms with van der Waals surface area (Å²) < 4.78 is 14.2. The van der Waals surface area contributed by atoms with Crippen molar-refractivity contribution >= 4 is 5.69 Å². The molecule has 0 aromatic heterocycles. The van der Waals surface area contributed by atoms with Gasteiger partial charge in [-0.15, -0.1) is 0 Å². The standard InChI is InChI=1S/C16H24FN3/c1-4-11-19-13(3)16-14(17)8-6-9-15(16)20(5-2)12-7-10-18/h6,8-9,13,19H,4-5,7,11-12H2,1-3H3. The van der Waals surface area contributed by atoms with Crippen LogP contribution in [-0.4, -0.2) is 19.6 Å². The summed E-state index contributed by atoms with van der Waals surface area (Å²) in [7, 11) is 0. The normalized spacial score (nSPS) is 11.9. The molecule has 4 heteroatoms. The highest BCUT2D eigenvalue weighted by molar-refractivity contribution is 5.55. The molecule has 1 atom stereocenters. The second-order valence-electron chi connectivity index (χ2n) is 4.84. The van der Waals surface area contributed by atoms with Gasteiger partial charge in [0.2, 0.25) is 0 Å². The Bertz CT molecular complexity index is 454. The van der Waals surface area contributed by atoms with Crippen LogP contribution in [0.15, 0.2) is 18.2 Å². The van der Waals surface area contributed by atoms with Gasteiger partial charge in [-0.3, -0.25) is 0 Å². The second-order valence-corrected chi connectivity index (χ2v) is 4.84. The molecule has 0 amide bonds. The Hall–Kier alpha value is -1.60. The molecule has 3 nitrogen and oxygen atoms in total. The summed E-state index contributed by atoms with van der Waals surface area (Å²) in [4.78, 5) is 2.06. The van der Waals surface area contributed by atoms with Gasteiger partial charge in [-0.1, -0.05) is 13.0 Å². The van der Waals surface area contributed by atoms with Gasteiger partial charge in [0.05, 0.1) is 12.5 Å². The first-order valence-corrected chi connectivity index (χ1v) is 7.29. The van der Waals surface area contributed by atoms with Crippen LogP contribution < -0.4 is 10.2 Å². The fraction of sp³-hybridized carbons (Fsp3) is 0.562. The van der Waals surface area contributed by atoms with E-state index in [1.165, 1.54) is 6.07 Å². The molecule has 0 saturated heterocycles. The number of hydrogen-bond donors (Lipinski definition) is 1. The topological polar surface area (TPSA) is 39.1 Å². The lowest BCUT2D eigenvalue weighted by atomic mass is 10.0. The van der Waals surface area contributed by atoms with Crippen LogP contribution in [0.3, 0.4) is 0 Å². The van der Waals surface area contributed by atoms with Crippen LogP contribution in [0.5, 0.6) is 0 Å². The monoisotopic (exact) mass is 277 g/mol. The fourth-order valence-corrected chi connectivity index (χ4v) is 2.33. The smallest absolute Gasteiger partial charge is 0.130 e. The minimum absolute atomic E-state index is 0.0396. The molecule has 0 aliphatic rings. The Kier molecular flexibility index (Phi) is 7.03. The Balaban J connectivity index is 3.05. The molecule has 0 spiro atoms. The first-order chi connectivity index (χ1) is 9.65. The molecule has 0 aliphatic heterocycles. The lowest BCUT2D eigenvalue weighted by molar-refractivity contribution is 0.526. The molecule has 1 aromatic carbocycles. The molecule has 20 heavy (non-hydrogen) atoms. The third-order valence-electron chi connectivity index (χ3n) is 3.38. The number of benzene rings is 1. The molecule has 0 bridgehead atoms. The van der Waals surface area contributed by atoms with Crippen LogP contribution in [-0.2, 0) is 0 Å². The van der Waals surface area contributed by atoms with Crippen LogP contribution in [0, 0.1) is 17.1 Å². The van der Waals surface area contributed by atoms with E-state index in [-0.39, 0.29) is 11.9 Å². The summed E-state index contributed by atoms with van der Waals surface area (Å²) in [6.07, 6.45) is 1.46. The van der Waals surface area contributed by atoms with Gasteiger partial charge in [0.15, 0.2) is 0 Å². The van der Waals surface area contributed by atoms with Crippen LogP contribution in [0.25, 0.3) is 0 Å². The largest absolute Gasteiger partial charge is 0.370 e. The molecular formula is C16H24FN3. The SMILES string of the molecule is CCCNC(C)c1c(F)cccc1N(CC)CCC#N. The molecule has 1 aromatic rings. The highest BCUT2D eigenvalue weighted by atomic mass is 19.1. The Morgan fingerprint density at radius 2 is 2.15 bits per heavy atom. The van der Waals surface area contributed by atoms with Gasteiger partial charge in [-0.25, -0.2) is 4.39 Å². The first-order valence-electron chi connectivity index (χ1n) is 7.29. The van der Waals surface area contributed by atoms with E-state index in [1.807, 2.05) is 19.9 Å². The van der Waals surface area contributed by atoms with Crippen molar-refractivity contribution in [1.82, 2.24) is 5.32 Å². The molecular weight excluding hydrogens is 253 g/mol. The van der Waals surface area contributed by atoms with Crippen molar-refractivity contribution in [3.8, 4) is 6.07 Å². The summed E-state index contributed by atoms with van der Waals surface area (Å²) in [5, 5.41) is 12.1. The number of nitrogens with one attached hydrogen (secondary N) is 1. The summed E-state index contributed by atoms with van der Waals surface area (Å²) in [5.74, 6) is -0.186. The molecule has 1 unspecified atom stereocenters. The van der Waals surface area contributed by atoms with Gasteiger partial charge in [0.1, 0.15) is 5.82 Å². The molecule has 1 N–H and O–H groups in total. The summed E-state index contributed by atoms with van der Waals surface area (Å²) in [5.41, 5.74) is 1.58. The van der Waals surface area contributed by atoms with E-state index in [9.17, 15) is 4.39 Å². The van der Waals surface area contributed by atoms with Crippen LogP contribution >= 0.6 is 0 Å². The minimum Gasteiger partial charge on any atom is -0.370 e. The highest BCUT2D eigenvalue weighted by Gasteiger charge is 2.18. The van der Waals surface area contributed by atoms with Gasteiger partial charge < -0.3 is 10.2 Å². The lowest BCUT2D eigenvalue weighted by Gasteiger charge is -2.27. The van der Waals surface area contributed by atoms with E-state index in [2.05, 4.69) is 23.2 Å². The van der Waals surface area contributed by atoms with Crippen molar-refractivity contribution in [2.75, 3.05) is 24.5 Å². The fourth-order valence-electron chi connectivity index (χ4n) is 2.33. The Morgan fingerprint density at radius 3 is 2.75 bits per heavy atom. The quantitative estimate of drug-likeness (QED) is 0.788. The Morgan fingerprint density at radius 1 is 1.40 bits per heavy atom. The average molecular weight is 277 g/mol. The van der Waals surface area contributed by atoms with Crippen LogP contribution in [0.4, 0.5) is 10.1 Å². The van der Waals surface area contributed by atoms with Crippen molar-refractivity contribution in [2.45, 2.75) is 39.7 Å². The number of anilines is 1. The van der Waals surface area contributed by atoms with Crippen molar-refractivity contribution in [1.29, 1.82) is 5.26 Å². The van der Waals surface area contributed by atoms with Gasteiger partial charge in [0, 0.05) is 30.4 Å². The number of nitrogens with zero attached hydrogens (tertiary/aromatic N) is 2. The van der Waals surface area contributed by atoms with Gasteiger partial charge in [-0.05, 0) is 38.9 Å². The van der Waals surface area contributed by atoms with Crippen molar-refractivity contribution < 1.29 is 4.39 Å². The van der Waals surface area contributed by atoms with E-state index < -0.39 is 0 Å². The maximum Gasteiger partial charge on any atom is 0.130 e. The van der Waals surface area contributed by atoms with Crippen molar-refractivity contribution in [3.05, 3.63) is 29.6 Å². The van der Waals surface area contributed by atoms with Gasteiger partial charge in [0.25, 0.3) is 0 Å². The zero-order chi connectivity index (χ0) is 15.0. The van der Waals surface area contributed by atoms with Crippen molar-refractivity contribution in [2.24, 2.45) is 0 Å². The summed E-state index contributed by atoms with van der Waals surface area (Å²) in [6.45, 7) is 8.35. The minimum atomic E-state index is -0.186. The molecule has 0 fully saturated rings. The Labute approximate surface area is 121 Å². The predicted molar refractivity (Wildman–Crippen MR) is 81.2 cm³/mol. The van der Waals surface area contributed by atoms with Crippen LogP contribution in [0.1, 0.15) is 45.2 Å². The third kappa shape index (κ3) is 4.21. The first kappa shape index (κ1) is 16.5. The summed E-state index contributed by atoms with van der Waals surface area (Å²) >= 11 is 0. The van der Waals surface area contributed by atoms with Crippen molar-refractivity contribution in [3.63, 3.8) is 0 Å². The third-order valence-corrected chi connectivity index (χ3v) is 3.38. The number of halogens is 1. The molecule has 110 valence electrons. The molecule has 0 heterocycles. The zero-order valence-electron chi connectivity index (χ0n) is 12.6. The maximum atomic E-state index is 14.2. The maximum absolute atomic E-state index is 14.2. The zero-order valence-corrected chi connectivity index (χ0v) is 12.6. The van der Waals surface area contributed by atoms with Gasteiger partial charge >= 0.3 is 0 Å². The average Bonchev–Trinajstić information content (AvgIpc) is 2.45. The second kappa shape index (κ2) is 8.55. The number of rotatable bonds is 8. The van der Waals surface area contributed by atoms with E-state index in [0.717, 1.165) is 25.2 Å². The van der Waals surface area contributed by atoms with E-state index in [4.69, 9.17) is 5.26 Å². The van der Waals surface area contributed by atoms with Gasteiger partial charge in [-0.2, -0.15) is 5.26 Å². The molecule has 0 radical (unpaired) electrons. The van der Waals surface area contributed by atoms with E-state index in [1.54, 1.807) is 6.07 Å². The molecule has 0 aliphatic carbocycles. The molecule has 0 saturated carbocycles. The molecule has 1 rings (SSSR count). The van der Waals surface area contributed by atoms with E-state index in [0.29, 0.717) is 18.5 Å². The number of nitriles is 1. The number of hydrogen-bond acceptors (Lipinski definition) is 3.